The molecule has 0 aliphatic heterocycles. The van der Waals surface area contributed by atoms with Crippen LogP contribution in [0.5, 0.6) is 0 Å². The third kappa shape index (κ3) is 3.74. The first-order valence-corrected chi connectivity index (χ1v) is 8.91. The van der Waals surface area contributed by atoms with Gasteiger partial charge in [-0.15, -0.1) is 0 Å². The maximum Gasteiger partial charge on any atom is 0.255 e. The normalized spacial score (nSPS) is 11.2. The number of hydrogen-bond acceptors (Lipinski definition) is 3. The summed E-state index contributed by atoms with van der Waals surface area (Å²) in [6.07, 6.45) is 2.02. The molecule has 0 fully saturated rings. The van der Waals surface area contributed by atoms with Crippen LogP contribution in [0, 0.1) is 6.92 Å². The largest absolute Gasteiger partial charge is 0.322 e. The second-order valence-electron chi connectivity index (χ2n) is 5.26. The minimum Gasteiger partial charge on any atom is -0.322 e. The fourth-order valence-corrected chi connectivity index (χ4v) is 3.21. The Labute approximate surface area is 131 Å². The van der Waals surface area contributed by atoms with Crippen LogP contribution in [0.15, 0.2) is 47.4 Å². The molecule has 0 aromatic heterocycles. The fourth-order valence-electron chi connectivity index (χ4n) is 2.21. The lowest BCUT2D eigenvalue weighted by Gasteiger charge is -2.09. The van der Waals surface area contributed by atoms with Crippen LogP contribution >= 0.6 is 0 Å². The molecule has 0 heterocycles. The summed E-state index contributed by atoms with van der Waals surface area (Å²) < 4.78 is 23.5. The summed E-state index contributed by atoms with van der Waals surface area (Å²) in [5, 5.41) is 2.80. The van der Waals surface area contributed by atoms with Gasteiger partial charge in [-0.2, -0.15) is 0 Å². The first kappa shape index (κ1) is 16.2. The highest BCUT2D eigenvalue weighted by molar-refractivity contribution is 7.90. The van der Waals surface area contributed by atoms with E-state index in [4.69, 9.17) is 0 Å². The Morgan fingerprint density at radius 1 is 1.14 bits per heavy atom. The molecule has 2 aromatic rings. The van der Waals surface area contributed by atoms with Gasteiger partial charge in [-0.1, -0.05) is 25.1 Å². The number of carbonyl (C=O) groups excluding carboxylic acids is 1. The molecule has 0 aliphatic carbocycles. The van der Waals surface area contributed by atoms with Gasteiger partial charge in [0.1, 0.15) is 0 Å². The van der Waals surface area contributed by atoms with Crippen molar-refractivity contribution in [1.29, 1.82) is 0 Å². The quantitative estimate of drug-likeness (QED) is 0.942. The van der Waals surface area contributed by atoms with Gasteiger partial charge >= 0.3 is 0 Å². The average Bonchev–Trinajstić information content (AvgIpc) is 2.46. The summed E-state index contributed by atoms with van der Waals surface area (Å²) in [6, 6.07) is 12.3. The smallest absolute Gasteiger partial charge is 0.255 e. The molecule has 1 amide bonds. The molecular formula is C17H19NO3S. The Balaban J connectivity index is 2.30. The van der Waals surface area contributed by atoms with Crippen LogP contribution < -0.4 is 5.32 Å². The highest BCUT2D eigenvalue weighted by Crippen LogP contribution is 2.18. The zero-order valence-electron chi connectivity index (χ0n) is 12.9. The summed E-state index contributed by atoms with van der Waals surface area (Å²) >= 11 is 0. The summed E-state index contributed by atoms with van der Waals surface area (Å²) in [6.45, 7) is 3.75. The van der Waals surface area contributed by atoms with Gasteiger partial charge in [0.05, 0.1) is 4.90 Å². The lowest BCUT2D eigenvalue weighted by molar-refractivity contribution is 0.102. The van der Waals surface area contributed by atoms with Crippen LogP contribution in [0.3, 0.4) is 0 Å². The molecule has 0 unspecified atom stereocenters. The van der Waals surface area contributed by atoms with E-state index in [1.54, 1.807) is 19.1 Å². The van der Waals surface area contributed by atoms with Crippen LogP contribution in [0.4, 0.5) is 5.69 Å². The van der Waals surface area contributed by atoms with E-state index in [1.807, 2.05) is 31.2 Å². The minimum atomic E-state index is -3.35. The Kier molecular flexibility index (Phi) is 4.66. The van der Waals surface area contributed by atoms with Gasteiger partial charge in [-0.25, -0.2) is 8.42 Å². The van der Waals surface area contributed by atoms with Crippen molar-refractivity contribution in [1.82, 2.24) is 0 Å². The van der Waals surface area contributed by atoms with Crippen molar-refractivity contribution in [3.63, 3.8) is 0 Å². The monoisotopic (exact) mass is 317 g/mol. The molecule has 0 saturated carbocycles. The molecule has 2 aromatic carbocycles. The van der Waals surface area contributed by atoms with Gasteiger partial charge in [-0.05, 0) is 48.7 Å². The standard InChI is InChI=1S/C17H19NO3S/c1-4-13-6-5-7-15(10-13)18-17(19)14-9-8-12(2)16(11-14)22(3,20)21/h5-11H,4H2,1-3H3,(H,18,19). The topological polar surface area (TPSA) is 63.2 Å². The first-order chi connectivity index (χ1) is 10.3. The second kappa shape index (κ2) is 6.32. The fraction of sp³-hybridized carbons (Fsp3) is 0.235. The number of aryl methyl sites for hydroxylation is 2. The Morgan fingerprint density at radius 3 is 2.50 bits per heavy atom. The minimum absolute atomic E-state index is 0.183. The van der Waals surface area contributed by atoms with Gasteiger partial charge in [0.2, 0.25) is 0 Å². The molecule has 5 heteroatoms. The van der Waals surface area contributed by atoms with E-state index in [0.717, 1.165) is 18.2 Å². The number of sulfone groups is 1. The number of rotatable bonds is 4. The van der Waals surface area contributed by atoms with Crippen molar-refractivity contribution >= 4 is 21.4 Å². The zero-order chi connectivity index (χ0) is 16.3. The van der Waals surface area contributed by atoms with Crippen LogP contribution in [-0.2, 0) is 16.3 Å². The Hall–Kier alpha value is -2.14. The van der Waals surface area contributed by atoms with E-state index in [2.05, 4.69) is 5.32 Å². The van der Waals surface area contributed by atoms with Crippen molar-refractivity contribution in [2.45, 2.75) is 25.2 Å². The molecule has 0 bridgehead atoms. The van der Waals surface area contributed by atoms with Crippen molar-refractivity contribution in [3.05, 3.63) is 59.2 Å². The average molecular weight is 317 g/mol. The van der Waals surface area contributed by atoms with E-state index in [9.17, 15) is 13.2 Å². The molecular weight excluding hydrogens is 298 g/mol. The molecule has 0 atom stereocenters. The van der Waals surface area contributed by atoms with Crippen LogP contribution in [0.25, 0.3) is 0 Å². The predicted molar refractivity (Wildman–Crippen MR) is 88.1 cm³/mol. The van der Waals surface area contributed by atoms with E-state index in [1.165, 1.54) is 6.07 Å². The summed E-state index contributed by atoms with van der Waals surface area (Å²) in [5.74, 6) is -0.321. The van der Waals surface area contributed by atoms with Gasteiger partial charge < -0.3 is 5.32 Å². The Bertz CT molecular complexity index is 810. The van der Waals surface area contributed by atoms with Gasteiger partial charge in [0, 0.05) is 17.5 Å². The summed E-state index contributed by atoms with van der Waals surface area (Å²) in [7, 11) is -3.35. The van der Waals surface area contributed by atoms with E-state index in [0.29, 0.717) is 16.8 Å². The van der Waals surface area contributed by atoms with E-state index in [-0.39, 0.29) is 10.8 Å². The van der Waals surface area contributed by atoms with Crippen molar-refractivity contribution in [2.24, 2.45) is 0 Å². The molecule has 0 saturated heterocycles. The molecule has 2 rings (SSSR count). The molecule has 0 aliphatic rings. The van der Waals surface area contributed by atoms with E-state index >= 15 is 0 Å². The molecule has 0 spiro atoms. The third-order valence-corrected chi connectivity index (χ3v) is 4.68. The third-order valence-electron chi connectivity index (χ3n) is 3.44. The molecule has 116 valence electrons. The van der Waals surface area contributed by atoms with Gasteiger partial charge in [0.15, 0.2) is 9.84 Å². The second-order valence-corrected chi connectivity index (χ2v) is 7.24. The SMILES string of the molecule is CCc1cccc(NC(=O)c2ccc(C)c(S(C)(=O)=O)c2)c1. The zero-order valence-corrected chi connectivity index (χ0v) is 13.7. The molecule has 22 heavy (non-hydrogen) atoms. The van der Waals surface area contributed by atoms with Crippen LogP contribution in [0.1, 0.15) is 28.4 Å². The molecule has 4 nitrogen and oxygen atoms in total. The number of benzene rings is 2. The number of anilines is 1. The Morgan fingerprint density at radius 2 is 1.86 bits per heavy atom. The first-order valence-electron chi connectivity index (χ1n) is 7.02. The number of carbonyl (C=O) groups is 1. The molecule has 0 radical (unpaired) electrons. The maximum absolute atomic E-state index is 12.3. The van der Waals surface area contributed by atoms with Crippen LogP contribution in [0.2, 0.25) is 0 Å². The van der Waals surface area contributed by atoms with Crippen molar-refractivity contribution in [3.8, 4) is 0 Å². The highest BCUT2D eigenvalue weighted by atomic mass is 32.2. The summed E-state index contributed by atoms with van der Waals surface area (Å²) in [4.78, 5) is 12.5. The number of nitrogens with one attached hydrogen (secondary N) is 1. The lowest BCUT2D eigenvalue weighted by Crippen LogP contribution is -2.13. The van der Waals surface area contributed by atoms with Gasteiger partial charge in [-0.3, -0.25) is 4.79 Å². The van der Waals surface area contributed by atoms with Gasteiger partial charge in [0.25, 0.3) is 5.91 Å². The maximum atomic E-state index is 12.3. The lowest BCUT2D eigenvalue weighted by atomic mass is 10.1. The highest BCUT2D eigenvalue weighted by Gasteiger charge is 2.14. The van der Waals surface area contributed by atoms with E-state index < -0.39 is 9.84 Å². The number of amides is 1. The van der Waals surface area contributed by atoms with Crippen molar-refractivity contribution in [2.75, 3.05) is 11.6 Å². The summed E-state index contributed by atoms with van der Waals surface area (Å²) in [5.41, 5.74) is 2.78. The number of hydrogen-bond donors (Lipinski definition) is 1. The molecule has 1 N–H and O–H groups in total. The van der Waals surface area contributed by atoms with Crippen LogP contribution in [-0.4, -0.2) is 20.6 Å². The predicted octanol–water partition coefficient (Wildman–Crippen LogP) is 3.21. The van der Waals surface area contributed by atoms with Crippen molar-refractivity contribution < 1.29 is 13.2 Å².